The predicted molar refractivity (Wildman–Crippen MR) is 71.5 cm³/mol. The number of carbonyl (C=O) groups is 1. The molecule has 1 unspecified atom stereocenters. The molecule has 4 nitrogen and oxygen atoms in total. The molecule has 18 heavy (non-hydrogen) atoms. The van der Waals surface area contributed by atoms with Gasteiger partial charge in [0.15, 0.2) is 0 Å². The fourth-order valence-corrected chi connectivity index (χ4v) is 2.78. The van der Waals surface area contributed by atoms with Gasteiger partial charge < -0.3 is 10.2 Å². The predicted octanol–water partition coefficient (Wildman–Crippen LogP) is 2.11. The second-order valence-electron chi connectivity index (χ2n) is 5.66. The Hall–Kier alpha value is -0.610. The minimum atomic E-state index is -0.716. The molecule has 1 aliphatic carbocycles. The number of aliphatic hydroxyl groups is 1. The standard InChI is InChI=1S/C14H27NO3/c1-4-11(3)15(5-2)10-14(18)8-6-12(7-9-14)13(16)17/h11-12,18H,4-10H2,1-3H3,(H,16,17). The molecule has 0 aromatic heterocycles. The van der Waals surface area contributed by atoms with Crippen molar-refractivity contribution in [1.82, 2.24) is 4.90 Å². The van der Waals surface area contributed by atoms with Crippen molar-refractivity contribution in [3.05, 3.63) is 0 Å². The van der Waals surface area contributed by atoms with Crippen molar-refractivity contribution in [3.8, 4) is 0 Å². The maximum Gasteiger partial charge on any atom is 0.306 e. The van der Waals surface area contributed by atoms with E-state index in [2.05, 4.69) is 25.7 Å². The molecule has 4 heteroatoms. The van der Waals surface area contributed by atoms with E-state index >= 15 is 0 Å². The second-order valence-corrected chi connectivity index (χ2v) is 5.66. The third-order valence-electron chi connectivity index (χ3n) is 4.38. The van der Waals surface area contributed by atoms with E-state index in [0.717, 1.165) is 13.0 Å². The largest absolute Gasteiger partial charge is 0.481 e. The van der Waals surface area contributed by atoms with Crippen molar-refractivity contribution in [1.29, 1.82) is 0 Å². The number of carboxylic acids is 1. The van der Waals surface area contributed by atoms with E-state index in [1.54, 1.807) is 0 Å². The van der Waals surface area contributed by atoms with Crippen molar-refractivity contribution in [2.45, 2.75) is 64.5 Å². The van der Waals surface area contributed by atoms with Gasteiger partial charge in [-0.05, 0) is 45.6 Å². The second kappa shape index (κ2) is 6.53. The van der Waals surface area contributed by atoms with Crippen LogP contribution in [0.5, 0.6) is 0 Å². The maximum atomic E-state index is 10.9. The Morgan fingerprint density at radius 2 is 1.94 bits per heavy atom. The van der Waals surface area contributed by atoms with Crippen LogP contribution in [0, 0.1) is 5.92 Å². The van der Waals surface area contributed by atoms with Gasteiger partial charge in [-0.1, -0.05) is 13.8 Å². The van der Waals surface area contributed by atoms with Crippen LogP contribution >= 0.6 is 0 Å². The molecule has 106 valence electrons. The first kappa shape index (κ1) is 15.4. The van der Waals surface area contributed by atoms with Crippen LogP contribution in [-0.4, -0.2) is 45.8 Å². The average molecular weight is 257 g/mol. The lowest BCUT2D eigenvalue weighted by Gasteiger charge is -2.40. The van der Waals surface area contributed by atoms with Crippen LogP contribution in [0.1, 0.15) is 52.9 Å². The van der Waals surface area contributed by atoms with Crippen molar-refractivity contribution < 1.29 is 15.0 Å². The maximum absolute atomic E-state index is 10.9. The average Bonchev–Trinajstić information content (AvgIpc) is 2.35. The molecule has 0 aromatic rings. The molecular weight excluding hydrogens is 230 g/mol. The first-order valence-corrected chi connectivity index (χ1v) is 7.11. The van der Waals surface area contributed by atoms with Gasteiger partial charge in [-0.25, -0.2) is 0 Å². The lowest BCUT2D eigenvalue weighted by Crippen LogP contribution is -2.48. The van der Waals surface area contributed by atoms with Gasteiger partial charge in [0.1, 0.15) is 0 Å². The van der Waals surface area contributed by atoms with Crippen molar-refractivity contribution in [2.75, 3.05) is 13.1 Å². The highest BCUT2D eigenvalue weighted by Crippen LogP contribution is 2.33. The summed E-state index contributed by atoms with van der Waals surface area (Å²) in [5.41, 5.74) is -0.689. The number of nitrogens with zero attached hydrogens (tertiary/aromatic N) is 1. The Morgan fingerprint density at radius 1 is 1.39 bits per heavy atom. The number of hydrogen-bond donors (Lipinski definition) is 2. The molecule has 0 aromatic carbocycles. The molecule has 1 atom stereocenters. The number of likely N-dealkylation sites (N-methyl/N-ethyl adjacent to an activating group) is 1. The molecule has 0 radical (unpaired) electrons. The molecule has 0 aliphatic heterocycles. The van der Waals surface area contributed by atoms with E-state index in [9.17, 15) is 9.90 Å². The zero-order valence-electron chi connectivity index (χ0n) is 11.9. The molecule has 0 bridgehead atoms. The lowest BCUT2D eigenvalue weighted by molar-refractivity contribution is -0.145. The quantitative estimate of drug-likeness (QED) is 0.765. The number of rotatable bonds is 6. The van der Waals surface area contributed by atoms with Gasteiger partial charge in [0, 0.05) is 12.6 Å². The highest BCUT2D eigenvalue weighted by Gasteiger charge is 2.37. The van der Waals surface area contributed by atoms with Gasteiger partial charge in [-0.2, -0.15) is 0 Å². The summed E-state index contributed by atoms with van der Waals surface area (Å²) >= 11 is 0. The molecular formula is C14H27NO3. The number of hydrogen-bond acceptors (Lipinski definition) is 3. The van der Waals surface area contributed by atoms with E-state index in [1.165, 1.54) is 0 Å². The SMILES string of the molecule is CCC(C)N(CC)CC1(O)CCC(C(=O)O)CC1. The first-order valence-electron chi connectivity index (χ1n) is 7.11. The van der Waals surface area contributed by atoms with Gasteiger partial charge in [0.05, 0.1) is 11.5 Å². The molecule has 1 aliphatic rings. The van der Waals surface area contributed by atoms with E-state index in [0.29, 0.717) is 38.3 Å². The van der Waals surface area contributed by atoms with Crippen LogP contribution in [0.3, 0.4) is 0 Å². The van der Waals surface area contributed by atoms with Crippen molar-refractivity contribution in [3.63, 3.8) is 0 Å². The summed E-state index contributed by atoms with van der Waals surface area (Å²) in [5, 5.41) is 19.6. The highest BCUT2D eigenvalue weighted by atomic mass is 16.4. The molecule has 1 fully saturated rings. The first-order chi connectivity index (χ1) is 8.41. The number of carboxylic acid groups (broad SMARTS) is 1. The summed E-state index contributed by atoms with van der Waals surface area (Å²) in [6, 6.07) is 0.469. The van der Waals surface area contributed by atoms with E-state index in [4.69, 9.17) is 5.11 Å². The fraction of sp³-hybridized carbons (Fsp3) is 0.929. The molecule has 0 amide bonds. The Bertz CT molecular complexity index is 272. The lowest BCUT2D eigenvalue weighted by atomic mass is 9.78. The Labute approximate surface area is 110 Å². The molecule has 0 spiro atoms. The third-order valence-corrected chi connectivity index (χ3v) is 4.38. The van der Waals surface area contributed by atoms with Crippen LogP contribution in [0.4, 0.5) is 0 Å². The summed E-state index contributed by atoms with van der Waals surface area (Å²) < 4.78 is 0. The molecule has 1 rings (SSSR count). The normalized spacial score (nSPS) is 30.4. The molecule has 0 heterocycles. The van der Waals surface area contributed by atoms with Gasteiger partial charge in [0.25, 0.3) is 0 Å². The Kier molecular flexibility index (Phi) is 5.60. The monoisotopic (exact) mass is 257 g/mol. The zero-order chi connectivity index (χ0) is 13.8. The molecule has 1 saturated carbocycles. The zero-order valence-corrected chi connectivity index (χ0v) is 11.9. The minimum Gasteiger partial charge on any atom is -0.481 e. The van der Waals surface area contributed by atoms with E-state index in [-0.39, 0.29) is 5.92 Å². The topological polar surface area (TPSA) is 60.8 Å². The van der Waals surface area contributed by atoms with Gasteiger partial charge in [0.2, 0.25) is 0 Å². The van der Waals surface area contributed by atoms with Crippen LogP contribution < -0.4 is 0 Å². The van der Waals surface area contributed by atoms with E-state index in [1.807, 2.05) is 0 Å². The summed E-state index contributed by atoms with van der Waals surface area (Å²) in [6.45, 7) is 8.04. The van der Waals surface area contributed by atoms with Gasteiger partial charge in [-0.3, -0.25) is 9.69 Å². The number of aliphatic carboxylic acids is 1. The van der Waals surface area contributed by atoms with Gasteiger partial charge in [-0.15, -0.1) is 0 Å². The van der Waals surface area contributed by atoms with E-state index < -0.39 is 11.6 Å². The fourth-order valence-electron chi connectivity index (χ4n) is 2.78. The molecule has 0 saturated heterocycles. The summed E-state index contributed by atoms with van der Waals surface area (Å²) in [6.07, 6.45) is 3.49. The minimum absolute atomic E-state index is 0.260. The Morgan fingerprint density at radius 3 is 2.33 bits per heavy atom. The van der Waals surface area contributed by atoms with Crippen LogP contribution in [0.2, 0.25) is 0 Å². The highest BCUT2D eigenvalue weighted by molar-refractivity contribution is 5.70. The van der Waals surface area contributed by atoms with Crippen LogP contribution in [0.15, 0.2) is 0 Å². The van der Waals surface area contributed by atoms with Crippen molar-refractivity contribution >= 4 is 5.97 Å². The van der Waals surface area contributed by atoms with Crippen LogP contribution in [-0.2, 0) is 4.79 Å². The molecule has 2 N–H and O–H groups in total. The third kappa shape index (κ3) is 3.95. The smallest absolute Gasteiger partial charge is 0.306 e. The van der Waals surface area contributed by atoms with Crippen molar-refractivity contribution in [2.24, 2.45) is 5.92 Å². The van der Waals surface area contributed by atoms with Crippen LogP contribution in [0.25, 0.3) is 0 Å². The summed E-state index contributed by atoms with van der Waals surface area (Å²) in [7, 11) is 0. The Balaban J connectivity index is 2.53. The van der Waals surface area contributed by atoms with Gasteiger partial charge >= 0.3 is 5.97 Å². The summed E-state index contributed by atoms with van der Waals surface area (Å²) in [5.74, 6) is -0.977. The summed E-state index contributed by atoms with van der Waals surface area (Å²) in [4.78, 5) is 13.2.